The van der Waals surface area contributed by atoms with Gasteiger partial charge < -0.3 is 11.1 Å². The Hall–Kier alpha value is -1.60. The molecule has 0 heterocycles. The van der Waals surface area contributed by atoms with Crippen molar-refractivity contribution in [1.29, 1.82) is 0 Å². The zero-order chi connectivity index (χ0) is 14.5. The minimum absolute atomic E-state index is 0.0674. The van der Waals surface area contributed by atoms with Gasteiger partial charge in [0.05, 0.1) is 5.75 Å². The third-order valence-corrected chi connectivity index (χ3v) is 3.99. The number of hydrogen-bond donors (Lipinski definition) is 3. The van der Waals surface area contributed by atoms with Crippen molar-refractivity contribution in [2.45, 2.75) is 13.8 Å². The smallest absolute Gasteiger partial charge is 0.251 e. The fourth-order valence-corrected chi connectivity index (χ4v) is 2.58. The molecule has 6 nitrogen and oxygen atoms in total. The van der Waals surface area contributed by atoms with Gasteiger partial charge in [0.15, 0.2) is 0 Å². The van der Waals surface area contributed by atoms with Crippen molar-refractivity contribution in [1.82, 2.24) is 10.0 Å². The predicted octanol–water partition coefficient (Wildman–Crippen LogP) is 0.246. The number of carbonyl (C=O) groups is 1. The molecule has 0 spiro atoms. The van der Waals surface area contributed by atoms with E-state index in [4.69, 9.17) is 5.73 Å². The Balaban J connectivity index is 2.57. The fraction of sp³-hybridized carbons (Fsp3) is 0.417. The minimum Gasteiger partial charge on any atom is -0.399 e. The largest absolute Gasteiger partial charge is 0.399 e. The van der Waals surface area contributed by atoms with Crippen LogP contribution in [-0.4, -0.2) is 33.2 Å². The highest BCUT2D eigenvalue weighted by atomic mass is 32.2. The average Bonchev–Trinajstić information content (AvgIpc) is 2.28. The van der Waals surface area contributed by atoms with Crippen LogP contribution in [0.15, 0.2) is 18.2 Å². The van der Waals surface area contributed by atoms with Gasteiger partial charge in [-0.25, -0.2) is 13.1 Å². The highest BCUT2D eigenvalue weighted by Crippen LogP contribution is 2.12. The van der Waals surface area contributed by atoms with Crippen molar-refractivity contribution >= 4 is 21.6 Å². The summed E-state index contributed by atoms with van der Waals surface area (Å²) in [5.74, 6) is -0.440. The normalized spacial score (nSPS) is 11.3. The Morgan fingerprint density at radius 2 is 2.05 bits per heavy atom. The van der Waals surface area contributed by atoms with Crippen LogP contribution in [0.25, 0.3) is 0 Å². The molecule has 0 aliphatic rings. The molecule has 0 atom stereocenters. The maximum Gasteiger partial charge on any atom is 0.251 e. The number of anilines is 1. The molecule has 0 saturated heterocycles. The zero-order valence-electron chi connectivity index (χ0n) is 11.1. The lowest BCUT2D eigenvalue weighted by Gasteiger charge is -2.09. The van der Waals surface area contributed by atoms with Gasteiger partial charge >= 0.3 is 0 Å². The first-order valence-corrected chi connectivity index (χ1v) is 7.62. The maximum atomic E-state index is 11.9. The Morgan fingerprint density at radius 1 is 1.37 bits per heavy atom. The van der Waals surface area contributed by atoms with Crippen LogP contribution >= 0.6 is 0 Å². The molecule has 1 amide bonds. The van der Waals surface area contributed by atoms with E-state index >= 15 is 0 Å². The second-order valence-corrected chi connectivity index (χ2v) is 6.07. The lowest BCUT2D eigenvalue weighted by Crippen LogP contribution is -2.34. The van der Waals surface area contributed by atoms with E-state index in [-0.39, 0.29) is 18.2 Å². The van der Waals surface area contributed by atoms with Crippen molar-refractivity contribution in [2.75, 3.05) is 24.6 Å². The van der Waals surface area contributed by atoms with E-state index in [1.807, 2.05) is 0 Å². The van der Waals surface area contributed by atoms with Gasteiger partial charge in [-0.1, -0.05) is 6.92 Å². The summed E-state index contributed by atoms with van der Waals surface area (Å²) in [5, 5.41) is 2.57. The maximum absolute atomic E-state index is 11.9. The number of nitrogen functional groups attached to an aromatic ring is 1. The molecule has 0 unspecified atom stereocenters. The number of rotatable bonds is 6. The summed E-state index contributed by atoms with van der Waals surface area (Å²) < 4.78 is 25.1. The second-order valence-electron chi connectivity index (χ2n) is 4.15. The average molecular weight is 285 g/mol. The molecule has 7 heteroatoms. The van der Waals surface area contributed by atoms with Crippen LogP contribution in [0.3, 0.4) is 0 Å². The summed E-state index contributed by atoms with van der Waals surface area (Å²) in [6.45, 7) is 3.89. The number of benzene rings is 1. The molecule has 0 aromatic heterocycles. The van der Waals surface area contributed by atoms with Crippen LogP contribution in [0, 0.1) is 6.92 Å². The van der Waals surface area contributed by atoms with E-state index in [0.29, 0.717) is 17.8 Å². The van der Waals surface area contributed by atoms with Gasteiger partial charge in [-0.05, 0) is 30.7 Å². The highest BCUT2D eigenvalue weighted by Gasteiger charge is 2.11. The summed E-state index contributed by atoms with van der Waals surface area (Å²) in [4.78, 5) is 11.9. The van der Waals surface area contributed by atoms with E-state index < -0.39 is 10.0 Å². The second kappa shape index (κ2) is 6.53. The van der Waals surface area contributed by atoms with Crippen LogP contribution in [0.5, 0.6) is 0 Å². The first-order valence-electron chi connectivity index (χ1n) is 5.97. The van der Waals surface area contributed by atoms with Crippen molar-refractivity contribution in [3.8, 4) is 0 Å². The molecule has 0 bridgehead atoms. The van der Waals surface area contributed by atoms with Gasteiger partial charge in [0, 0.05) is 24.3 Å². The van der Waals surface area contributed by atoms with Gasteiger partial charge in [-0.15, -0.1) is 0 Å². The Morgan fingerprint density at radius 3 is 2.63 bits per heavy atom. The summed E-state index contributed by atoms with van der Waals surface area (Å²) in [6.07, 6.45) is 0. The van der Waals surface area contributed by atoms with E-state index in [1.165, 1.54) is 0 Å². The number of sulfonamides is 1. The van der Waals surface area contributed by atoms with Gasteiger partial charge in [0.2, 0.25) is 10.0 Å². The van der Waals surface area contributed by atoms with Gasteiger partial charge in [-0.2, -0.15) is 0 Å². The molecule has 0 saturated carbocycles. The van der Waals surface area contributed by atoms with E-state index in [2.05, 4.69) is 10.0 Å². The number of nitrogens with two attached hydrogens (primary N) is 1. The van der Waals surface area contributed by atoms with Crippen LogP contribution in [-0.2, 0) is 10.0 Å². The van der Waals surface area contributed by atoms with E-state index in [9.17, 15) is 13.2 Å². The molecule has 0 radical (unpaired) electrons. The van der Waals surface area contributed by atoms with Gasteiger partial charge in [0.25, 0.3) is 5.91 Å². The molecular weight excluding hydrogens is 266 g/mol. The summed E-state index contributed by atoms with van der Waals surface area (Å²) >= 11 is 0. The Labute approximate surface area is 113 Å². The number of amides is 1. The van der Waals surface area contributed by atoms with Crippen molar-refractivity contribution < 1.29 is 13.2 Å². The zero-order valence-corrected chi connectivity index (χ0v) is 11.9. The summed E-state index contributed by atoms with van der Waals surface area (Å²) in [5.41, 5.74) is 7.44. The number of aryl methyl sites for hydroxylation is 1. The monoisotopic (exact) mass is 285 g/mol. The molecule has 19 heavy (non-hydrogen) atoms. The predicted molar refractivity (Wildman–Crippen MR) is 75.4 cm³/mol. The van der Waals surface area contributed by atoms with E-state index in [0.717, 1.165) is 5.56 Å². The SMILES string of the molecule is CCNS(=O)(=O)CCNC(=O)c1ccc(N)cc1C. The quantitative estimate of drug-likeness (QED) is 0.652. The first kappa shape index (κ1) is 15.5. The molecule has 0 aliphatic heterocycles. The van der Waals surface area contributed by atoms with Gasteiger partial charge in [0.1, 0.15) is 0 Å². The molecule has 4 N–H and O–H groups in total. The third-order valence-electron chi connectivity index (χ3n) is 2.52. The number of hydrogen-bond acceptors (Lipinski definition) is 4. The van der Waals surface area contributed by atoms with Gasteiger partial charge in [-0.3, -0.25) is 4.79 Å². The molecule has 1 aromatic carbocycles. The highest BCUT2D eigenvalue weighted by molar-refractivity contribution is 7.89. The van der Waals surface area contributed by atoms with Crippen LogP contribution in [0.4, 0.5) is 5.69 Å². The topological polar surface area (TPSA) is 101 Å². The lowest BCUT2D eigenvalue weighted by molar-refractivity contribution is 0.0955. The molecule has 1 aromatic rings. The Bertz CT molecular complexity index is 555. The minimum atomic E-state index is -3.31. The number of nitrogens with one attached hydrogen (secondary N) is 2. The standard InChI is InChI=1S/C12H19N3O3S/c1-3-15-19(17,18)7-6-14-12(16)11-5-4-10(13)8-9(11)2/h4-5,8,15H,3,6-7,13H2,1-2H3,(H,14,16). The molecule has 1 rings (SSSR count). The lowest BCUT2D eigenvalue weighted by atomic mass is 10.1. The van der Waals surface area contributed by atoms with Crippen LogP contribution < -0.4 is 15.8 Å². The molecule has 0 fully saturated rings. The van der Waals surface area contributed by atoms with Crippen LogP contribution in [0.1, 0.15) is 22.8 Å². The van der Waals surface area contributed by atoms with E-state index in [1.54, 1.807) is 32.0 Å². The molecule has 106 valence electrons. The van der Waals surface area contributed by atoms with Crippen molar-refractivity contribution in [2.24, 2.45) is 0 Å². The molecule has 0 aliphatic carbocycles. The van der Waals surface area contributed by atoms with Crippen molar-refractivity contribution in [3.63, 3.8) is 0 Å². The summed E-state index contributed by atoms with van der Waals surface area (Å²) in [7, 11) is -3.31. The van der Waals surface area contributed by atoms with Crippen molar-refractivity contribution in [3.05, 3.63) is 29.3 Å². The fourth-order valence-electron chi connectivity index (χ4n) is 1.63. The first-order chi connectivity index (χ1) is 8.85. The molecular formula is C12H19N3O3S. The van der Waals surface area contributed by atoms with Crippen LogP contribution in [0.2, 0.25) is 0 Å². The number of carbonyl (C=O) groups excluding carboxylic acids is 1. The Kier molecular flexibility index (Phi) is 5.31. The summed E-state index contributed by atoms with van der Waals surface area (Å²) in [6, 6.07) is 4.96. The third kappa shape index (κ3) is 4.88.